The van der Waals surface area contributed by atoms with E-state index in [4.69, 9.17) is 5.11 Å². The number of aromatic carboxylic acids is 2. The fraction of sp³-hybridized carbons (Fsp3) is 0.0333. The number of rotatable bonds is 8. The van der Waals surface area contributed by atoms with Gasteiger partial charge < -0.3 is 20.8 Å². The molecule has 0 saturated carbocycles. The van der Waals surface area contributed by atoms with Gasteiger partial charge in [0.25, 0.3) is 5.91 Å². The number of carbonyl (C=O) groups is 3. The van der Waals surface area contributed by atoms with Crippen LogP contribution in [0.1, 0.15) is 36.6 Å². The SMILES string of the molecule is Cc1ccc(Nc2ncc3c(-c4cc(N=O)cc(C(=O)O)c4)cccc3n2)cc1NC(=O)c1ccc(C(=O)O)cc1. The summed E-state index contributed by atoms with van der Waals surface area (Å²) in [5.74, 6) is -2.36. The summed E-state index contributed by atoms with van der Waals surface area (Å²) in [7, 11) is 0. The summed E-state index contributed by atoms with van der Waals surface area (Å²) in [4.78, 5) is 55.5. The summed E-state index contributed by atoms with van der Waals surface area (Å²) in [6, 6.07) is 20.5. The molecular weight excluding hydrogens is 526 g/mol. The molecular formula is C30H21N5O6. The van der Waals surface area contributed by atoms with Crippen molar-refractivity contribution in [1.29, 1.82) is 0 Å². The van der Waals surface area contributed by atoms with Crippen molar-refractivity contribution in [3.63, 3.8) is 0 Å². The highest BCUT2D eigenvalue weighted by molar-refractivity contribution is 6.05. The molecule has 0 unspecified atom stereocenters. The van der Waals surface area contributed by atoms with Crippen LogP contribution in [-0.4, -0.2) is 38.0 Å². The van der Waals surface area contributed by atoms with Crippen LogP contribution in [0.3, 0.4) is 0 Å². The van der Waals surface area contributed by atoms with E-state index >= 15 is 0 Å². The number of hydrogen-bond donors (Lipinski definition) is 4. The topological polar surface area (TPSA) is 171 Å². The minimum Gasteiger partial charge on any atom is -0.478 e. The lowest BCUT2D eigenvalue weighted by molar-refractivity contribution is 0.0686. The number of aryl methyl sites for hydroxylation is 1. The molecule has 0 aliphatic heterocycles. The van der Waals surface area contributed by atoms with Gasteiger partial charge >= 0.3 is 11.9 Å². The average molecular weight is 548 g/mol. The quantitative estimate of drug-likeness (QED) is 0.161. The van der Waals surface area contributed by atoms with Crippen LogP contribution in [0.15, 0.2) is 90.2 Å². The number of aromatic nitrogens is 2. The fourth-order valence-electron chi connectivity index (χ4n) is 4.23. The maximum atomic E-state index is 12.8. The summed E-state index contributed by atoms with van der Waals surface area (Å²) < 4.78 is 0. The Labute approximate surface area is 232 Å². The Hall–Kier alpha value is -5.97. The second-order valence-electron chi connectivity index (χ2n) is 9.09. The van der Waals surface area contributed by atoms with E-state index in [2.05, 4.69) is 25.8 Å². The standard InChI is InChI=1S/C30H21N5O6/c1-16-5-10-21(14-26(16)33-27(36)17-6-8-18(9-7-17)28(37)38)32-30-31-15-24-23(3-2-4-25(24)34-30)19-11-20(29(39)40)13-22(12-19)35-41/h2-15H,1H3,(H,33,36)(H,37,38)(H,39,40)(H,31,32,34). The van der Waals surface area contributed by atoms with Gasteiger partial charge in [0.15, 0.2) is 0 Å². The lowest BCUT2D eigenvalue weighted by Gasteiger charge is -2.13. The maximum absolute atomic E-state index is 12.8. The zero-order valence-corrected chi connectivity index (χ0v) is 21.5. The van der Waals surface area contributed by atoms with Crippen LogP contribution < -0.4 is 10.6 Å². The first-order valence-corrected chi connectivity index (χ1v) is 12.2. The number of nitrogens with one attached hydrogen (secondary N) is 2. The Bertz CT molecular complexity index is 1850. The van der Waals surface area contributed by atoms with E-state index in [0.29, 0.717) is 39.0 Å². The largest absolute Gasteiger partial charge is 0.478 e. The van der Waals surface area contributed by atoms with Crippen LogP contribution >= 0.6 is 0 Å². The van der Waals surface area contributed by atoms with E-state index in [1.54, 1.807) is 30.5 Å². The highest BCUT2D eigenvalue weighted by Gasteiger charge is 2.14. The molecule has 5 aromatic rings. The van der Waals surface area contributed by atoms with E-state index in [-0.39, 0.29) is 22.8 Å². The molecule has 11 nitrogen and oxygen atoms in total. The van der Waals surface area contributed by atoms with E-state index in [1.807, 2.05) is 19.1 Å². The Morgan fingerprint density at radius 3 is 2.27 bits per heavy atom. The third-order valence-corrected chi connectivity index (χ3v) is 6.34. The number of fused-ring (bicyclic) bond motifs is 1. The van der Waals surface area contributed by atoms with Crippen LogP contribution in [0.25, 0.3) is 22.0 Å². The molecule has 1 heterocycles. The van der Waals surface area contributed by atoms with Crippen molar-refractivity contribution in [2.75, 3.05) is 10.6 Å². The van der Waals surface area contributed by atoms with Gasteiger partial charge in [-0.1, -0.05) is 18.2 Å². The summed E-state index contributed by atoms with van der Waals surface area (Å²) in [5.41, 5.74) is 4.00. The number of amides is 1. The lowest BCUT2D eigenvalue weighted by atomic mass is 9.99. The molecule has 0 aliphatic carbocycles. The van der Waals surface area contributed by atoms with Gasteiger partial charge in [-0.25, -0.2) is 19.6 Å². The summed E-state index contributed by atoms with van der Waals surface area (Å²) in [5, 5.41) is 28.0. The van der Waals surface area contributed by atoms with Crippen molar-refractivity contribution in [3.8, 4) is 11.1 Å². The van der Waals surface area contributed by atoms with Gasteiger partial charge in [0.1, 0.15) is 5.69 Å². The second-order valence-corrected chi connectivity index (χ2v) is 9.09. The molecule has 202 valence electrons. The lowest BCUT2D eigenvalue weighted by Crippen LogP contribution is -2.13. The normalized spacial score (nSPS) is 10.7. The fourth-order valence-corrected chi connectivity index (χ4v) is 4.23. The van der Waals surface area contributed by atoms with Crippen LogP contribution in [0, 0.1) is 11.8 Å². The number of hydrogen-bond acceptors (Lipinski definition) is 8. The second kappa shape index (κ2) is 11.0. The molecule has 0 fully saturated rings. The van der Waals surface area contributed by atoms with Gasteiger partial charge in [0.05, 0.1) is 16.6 Å². The molecule has 1 amide bonds. The Morgan fingerprint density at radius 2 is 1.56 bits per heavy atom. The van der Waals surface area contributed by atoms with Crippen LogP contribution in [0.5, 0.6) is 0 Å². The number of nitroso groups, excluding NO2 is 1. The van der Waals surface area contributed by atoms with Gasteiger partial charge in [0.2, 0.25) is 5.95 Å². The van der Waals surface area contributed by atoms with Gasteiger partial charge in [-0.05, 0) is 89.5 Å². The number of nitrogens with zero attached hydrogens (tertiary/aromatic N) is 3. The predicted molar refractivity (Wildman–Crippen MR) is 153 cm³/mol. The first kappa shape index (κ1) is 26.6. The molecule has 41 heavy (non-hydrogen) atoms. The van der Waals surface area contributed by atoms with Crippen molar-refractivity contribution < 1.29 is 24.6 Å². The number of benzene rings is 4. The van der Waals surface area contributed by atoms with Gasteiger partial charge in [-0.15, -0.1) is 4.91 Å². The first-order chi connectivity index (χ1) is 19.7. The summed E-state index contributed by atoms with van der Waals surface area (Å²) in [6.45, 7) is 1.84. The molecule has 0 bridgehead atoms. The minimum absolute atomic E-state index is 0.00403. The number of anilines is 3. The summed E-state index contributed by atoms with van der Waals surface area (Å²) in [6.07, 6.45) is 1.60. The molecule has 0 aliphatic rings. The highest BCUT2D eigenvalue weighted by Crippen LogP contribution is 2.32. The molecule has 0 radical (unpaired) electrons. The van der Waals surface area contributed by atoms with E-state index in [0.717, 1.165) is 5.56 Å². The van der Waals surface area contributed by atoms with E-state index in [1.165, 1.54) is 42.5 Å². The van der Waals surface area contributed by atoms with Crippen molar-refractivity contribution in [3.05, 3.63) is 112 Å². The number of carboxylic acid groups (broad SMARTS) is 2. The van der Waals surface area contributed by atoms with E-state index in [9.17, 15) is 24.4 Å². The monoisotopic (exact) mass is 547 g/mol. The minimum atomic E-state index is -1.18. The van der Waals surface area contributed by atoms with Gasteiger partial charge in [0, 0.05) is 28.5 Å². The molecule has 1 aromatic heterocycles. The summed E-state index contributed by atoms with van der Waals surface area (Å²) >= 11 is 0. The molecule has 5 rings (SSSR count). The zero-order valence-electron chi connectivity index (χ0n) is 21.5. The van der Waals surface area contributed by atoms with Crippen molar-refractivity contribution in [2.45, 2.75) is 6.92 Å². The Balaban J connectivity index is 1.40. The van der Waals surface area contributed by atoms with Crippen molar-refractivity contribution >= 4 is 51.8 Å². The molecule has 0 saturated heterocycles. The predicted octanol–water partition coefficient (Wildman–Crippen LogP) is 6.40. The van der Waals surface area contributed by atoms with E-state index < -0.39 is 17.8 Å². The average Bonchev–Trinajstić information content (AvgIpc) is 2.98. The molecule has 0 atom stereocenters. The van der Waals surface area contributed by atoms with Crippen LogP contribution in [0.4, 0.5) is 23.0 Å². The third-order valence-electron chi connectivity index (χ3n) is 6.34. The Kier molecular flexibility index (Phi) is 7.16. The molecule has 11 heteroatoms. The van der Waals surface area contributed by atoms with Crippen molar-refractivity contribution in [2.24, 2.45) is 5.18 Å². The zero-order chi connectivity index (χ0) is 29.1. The van der Waals surface area contributed by atoms with Crippen LogP contribution in [0.2, 0.25) is 0 Å². The molecule has 0 spiro atoms. The molecule has 4 aromatic carbocycles. The highest BCUT2D eigenvalue weighted by atomic mass is 16.4. The Morgan fingerprint density at radius 1 is 0.829 bits per heavy atom. The van der Waals surface area contributed by atoms with Crippen LogP contribution in [-0.2, 0) is 0 Å². The molecule has 4 N–H and O–H groups in total. The number of carboxylic acids is 2. The van der Waals surface area contributed by atoms with Gasteiger partial charge in [-0.2, -0.15) is 0 Å². The smallest absolute Gasteiger partial charge is 0.335 e. The third kappa shape index (κ3) is 5.73. The number of carbonyl (C=O) groups excluding carboxylic acids is 1. The van der Waals surface area contributed by atoms with Crippen molar-refractivity contribution in [1.82, 2.24) is 9.97 Å². The first-order valence-electron chi connectivity index (χ1n) is 12.2. The van der Waals surface area contributed by atoms with Gasteiger partial charge in [-0.3, -0.25) is 4.79 Å². The maximum Gasteiger partial charge on any atom is 0.335 e.